The Morgan fingerprint density at radius 1 is 1.03 bits per heavy atom. The van der Waals surface area contributed by atoms with Gasteiger partial charge in [-0.2, -0.15) is 0 Å². The lowest BCUT2D eigenvalue weighted by atomic mass is 9.95. The van der Waals surface area contributed by atoms with Crippen molar-refractivity contribution < 1.29 is 33.3 Å². The van der Waals surface area contributed by atoms with Crippen LogP contribution < -0.4 is 14.2 Å². The average molecular weight is 534 g/mol. The molecule has 4 rings (SSSR count). The highest BCUT2D eigenvalue weighted by Crippen LogP contribution is 2.43. The minimum absolute atomic E-state index is 0.0188. The number of amides is 1. The van der Waals surface area contributed by atoms with E-state index in [0.29, 0.717) is 53.3 Å². The molecule has 1 aliphatic rings. The number of rotatable bonds is 12. The van der Waals surface area contributed by atoms with Crippen molar-refractivity contribution >= 4 is 17.4 Å². The Morgan fingerprint density at radius 2 is 1.85 bits per heavy atom. The zero-order valence-corrected chi connectivity index (χ0v) is 22.8. The Labute approximate surface area is 228 Å². The lowest BCUT2D eigenvalue weighted by molar-refractivity contribution is -0.140. The number of likely N-dealkylation sites (tertiary alicyclic amines) is 1. The molecule has 1 fully saturated rings. The molecule has 1 atom stereocenters. The Hall–Kier alpha value is -4.20. The molecule has 0 spiro atoms. The molecule has 2 heterocycles. The van der Waals surface area contributed by atoms with Gasteiger partial charge in [0.25, 0.3) is 11.7 Å². The monoisotopic (exact) mass is 533 g/mol. The van der Waals surface area contributed by atoms with Gasteiger partial charge in [-0.05, 0) is 60.7 Å². The van der Waals surface area contributed by atoms with Crippen LogP contribution in [0.15, 0.2) is 70.9 Å². The average Bonchev–Trinajstić information content (AvgIpc) is 3.54. The first-order chi connectivity index (χ1) is 18.8. The molecule has 206 valence electrons. The predicted octanol–water partition coefficient (Wildman–Crippen LogP) is 6.12. The van der Waals surface area contributed by atoms with E-state index in [-0.39, 0.29) is 17.9 Å². The quantitative estimate of drug-likeness (QED) is 0.170. The zero-order chi connectivity index (χ0) is 27.9. The van der Waals surface area contributed by atoms with Crippen LogP contribution in [-0.4, -0.2) is 42.0 Å². The van der Waals surface area contributed by atoms with E-state index in [2.05, 4.69) is 13.8 Å². The normalized spacial score (nSPS) is 16.6. The van der Waals surface area contributed by atoms with Gasteiger partial charge < -0.3 is 28.6 Å². The van der Waals surface area contributed by atoms with Crippen LogP contribution >= 0.6 is 0 Å². The van der Waals surface area contributed by atoms with Crippen molar-refractivity contribution in [1.82, 2.24) is 4.90 Å². The molecular weight excluding hydrogens is 498 g/mol. The summed E-state index contributed by atoms with van der Waals surface area (Å²) in [6, 6.07) is 14.7. The van der Waals surface area contributed by atoms with E-state index in [1.54, 1.807) is 54.6 Å². The number of benzene rings is 2. The molecule has 3 aromatic rings. The third kappa shape index (κ3) is 6.28. The number of hydrogen-bond acceptors (Lipinski definition) is 7. The number of aliphatic hydroxyl groups is 1. The number of ketones is 1. The van der Waals surface area contributed by atoms with Gasteiger partial charge >= 0.3 is 0 Å². The van der Waals surface area contributed by atoms with Gasteiger partial charge in [0, 0.05) is 5.56 Å². The van der Waals surface area contributed by atoms with Crippen molar-refractivity contribution in [3.8, 4) is 17.2 Å². The van der Waals surface area contributed by atoms with Crippen LogP contribution in [0.25, 0.3) is 5.76 Å². The lowest BCUT2D eigenvalue weighted by Gasteiger charge is -2.25. The van der Waals surface area contributed by atoms with Crippen LogP contribution in [0.1, 0.15) is 56.5 Å². The summed E-state index contributed by atoms with van der Waals surface area (Å²) in [6.45, 7) is 7.34. The first-order valence-corrected chi connectivity index (χ1v) is 13.2. The third-order valence-electron chi connectivity index (χ3n) is 6.48. The molecule has 39 heavy (non-hydrogen) atoms. The van der Waals surface area contributed by atoms with Crippen molar-refractivity contribution in [2.45, 2.75) is 46.2 Å². The first-order valence-electron chi connectivity index (χ1n) is 13.2. The molecule has 1 unspecified atom stereocenters. The highest BCUT2D eigenvalue weighted by Gasteiger charge is 2.46. The maximum atomic E-state index is 13.4. The summed E-state index contributed by atoms with van der Waals surface area (Å²) >= 11 is 0. The van der Waals surface area contributed by atoms with Gasteiger partial charge in [-0.1, -0.05) is 39.0 Å². The van der Waals surface area contributed by atoms with E-state index in [0.717, 1.165) is 12.8 Å². The van der Waals surface area contributed by atoms with Crippen LogP contribution in [-0.2, 0) is 16.1 Å². The topological polar surface area (TPSA) is 98.4 Å². The maximum absolute atomic E-state index is 13.4. The van der Waals surface area contributed by atoms with Crippen molar-refractivity contribution in [3.63, 3.8) is 0 Å². The number of carbonyl (C=O) groups excluding carboxylic acids is 2. The third-order valence-corrected chi connectivity index (χ3v) is 6.48. The van der Waals surface area contributed by atoms with E-state index in [1.807, 2.05) is 6.92 Å². The van der Waals surface area contributed by atoms with E-state index < -0.39 is 17.7 Å². The molecule has 1 amide bonds. The summed E-state index contributed by atoms with van der Waals surface area (Å²) in [7, 11) is 1.54. The van der Waals surface area contributed by atoms with Crippen LogP contribution in [0.3, 0.4) is 0 Å². The highest BCUT2D eigenvalue weighted by atomic mass is 16.5. The van der Waals surface area contributed by atoms with Gasteiger partial charge in [-0.25, -0.2) is 0 Å². The van der Waals surface area contributed by atoms with Crippen molar-refractivity contribution in [1.29, 1.82) is 0 Å². The Kier molecular flexibility index (Phi) is 8.96. The highest BCUT2D eigenvalue weighted by molar-refractivity contribution is 6.46. The lowest BCUT2D eigenvalue weighted by Crippen LogP contribution is -2.29. The molecular formula is C31H35NO7. The van der Waals surface area contributed by atoms with E-state index in [1.165, 1.54) is 18.3 Å². The fourth-order valence-corrected chi connectivity index (χ4v) is 4.45. The number of aliphatic hydroxyl groups excluding tert-OH is 1. The van der Waals surface area contributed by atoms with Gasteiger partial charge in [0.05, 0.1) is 44.7 Å². The van der Waals surface area contributed by atoms with E-state index in [9.17, 15) is 14.7 Å². The van der Waals surface area contributed by atoms with Crippen LogP contribution in [0.5, 0.6) is 17.2 Å². The molecule has 2 aromatic carbocycles. The molecule has 0 saturated carbocycles. The summed E-state index contributed by atoms with van der Waals surface area (Å²) < 4.78 is 22.7. The van der Waals surface area contributed by atoms with E-state index in [4.69, 9.17) is 18.6 Å². The van der Waals surface area contributed by atoms with E-state index >= 15 is 0 Å². The summed E-state index contributed by atoms with van der Waals surface area (Å²) in [6.07, 6.45) is 3.22. The SMILES string of the molecule is CCCOc1cccc(/C(O)=C2\C(=O)C(=O)N(Cc3ccco3)C2c2ccc(OCCC(C)C)c(OC)c2)c1. The first kappa shape index (κ1) is 27.8. The standard InChI is InChI=1S/C31H35NO7/c1-5-14-37-23-9-6-8-22(17-23)29(33)27-28(32(31(35)30(27)34)19-24-10-7-15-38-24)21-11-12-25(26(18-21)36-4)39-16-13-20(2)3/h6-12,15,17-18,20,28,33H,5,13-14,16,19H2,1-4H3/b29-27+. The predicted molar refractivity (Wildman–Crippen MR) is 147 cm³/mol. The number of ether oxygens (including phenoxy) is 3. The zero-order valence-electron chi connectivity index (χ0n) is 22.8. The Bertz CT molecular complexity index is 1330. The molecule has 8 heteroatoms. The number of furan rings is 1. The number of methoxy groups -OCH3 is 1. The summed E-state index contributed by atoms with van der Waals surface area (Å²) in [5, 5.41) is 11.4. The van der Waals surface area contributed by atoms with Crippen LogP contribution in [0.4, 0.5) is 0 Å². The van der Waals surface area contributed by atoms with Gasteiger partial charge in [0.2, 0.25) is 0 Å². The van der Waals surface area contributed by atoms with Gasteiger partial charge in [-0.3, -0.25) is 9.59 Å². The second-order valence-electron chi connectivity index (χ2n) is 9.82. The minimum atomic E-state index is -0.881. The number of hydrogen-bond donors (Lipinski definition) is 1. The Balaban J connectivity index is 1.79. The molecule has 0 aliphatic carbocycles. The molecule has 8 nitrogen and oxygen atoms in total. The molecule has 1 saturated heterocycles. The Morgan fingerprint density at radius 3 is 2.54 bits per heavy atom. The summed E-state index contributed by atoms with van der Waals surface area (Å²) in [5.74, 6) is 0.804. The van der Waals surface area contributed by atoms with Gasteiger partial charge in [-0.15, -0.1) is 0 Å². The minimum Gasteiger partial charge on any atom is -0.507 e. The fraction of sp³-hybridized carbons (Fsp3) is 0.355. The second-order valence-corrected chi connectivity index (χ2v) is 9.82. The largest absolute Gasteiger partial charge is 0.507 e. The van der Waals surface area contributed by atoms with Crippen molar-refractivity contribution in [3.05, 3.63) is 83.3 Å². The molecule has 1 aliphatic heterocycles. The smallest absolute Gasteiger partial charge is 0.296 e. The van der Waals surface area contributed by atoms with Crippen LogP contribution in [0.2, 0.25) is 0 Å². The number of Topliss-reactive ketones (excluding diaryl/α,β-unsaturated/α-hetero) is 1. The van der Waals surface area contributed by atoms with Gasteiger partial charge in [0.1, 0.15) is 17.3 Å². The van der Waals surface area contributed by atoms with Crippen LogP contribution in [0, 0.1) is 5.92 Å². The molecule has 1 aromatic heterocycles. The second kappa shape index (κ2) is 12.6. The fourth-order valence-electron chi connectivity index (χ4n) is 4.45. The van der Waals surface area contributed by atoms with Crippen molar-refractivity contribution in [2.75, 3.05) is 20.3 Å². The molecule has 1 N–H and O–H groups in total. The number of nitrogens with zero attached hydrogens (tertiary/aromatic N) is 1. The van der Waals surface area contributed by atoms with Crippen molar-refractivity contribution in [2.24, 2.45) is 5.92 Å². The summed E-state index contributed by atoms with van der Waals surface area (Å²) in [5.41, 5.74) is 0.952. The number of carbonyl (C=O) groups is 2. The molecule has 0 radical (unpaired) electrons. The maximum Gasteiger partial charge on any atom is 0.296 e. The molecule has 0 bridgehead atoms. The summed E-state index contributed by atoms with van der Waals surface area (Å²) in [4.78, 5) is 28.1. The van der Waals surface area contributed by atoms with Gasteiger partial charge in [0.15, 0.2) is 11.5 Å².